The molecule has 0 bridgehead atoms. The first-order valence-electron chi connectivity index (χ1n) is 6.00. The van der Waals surface area contributed by atoms with Gasteiger partial charge in [-0.05, 0) is 21.5 Å². The van der Waals surface area contributed by atoms with Crippen LogP contribution < -0.4 is 0 Å². The highest BCUT2D eigenvalue weighted by Gasteiger charge is 2.44. The van der Waals surface area contributed by atoms with E-state index in [9.17, 15) is 19.7 Å². The highest BCUT2D eigenvalue weighted by Crippen LogP contribution is 2.35. The van der Waals surface area contributed by atoms with Crippen molar-refractivity contribution >= 4 is 33.4 Å². The number of imide groups is 1. The average molecular weight is 341 g/mol. The molecule has 0 aromatic heterocycles. The van der Waals surface area contributed by atoms with E-state index in [2.05, 4.69) is 15.9 Å². The van der Waals surface area contributed by atoms with Gasteiger partial charge in [-0.2, -0.15) is 0 Å². The summed E-state index contributed by atoms with van der Waals surface area (Å²) in [5.74, 6) is -0.501. The Morgan fingerprint density at radius 3 is 2.55 bits per heavy atom. The van der Waals surface area contributed by atoms with Crippen molar-refractivity contribution in [2.75, 3.05) is 0 Å². The van der Waals surface area contributed by atoms with Crippen molar-refractivity contribution in [1.82, 2.24) is 4.90 Å². The molecule has 1 aromatic rings. The molecule has 1 fully saturated rings. The number of nitro benzene ring substituents is 1. The van der Waals surface area contributed by atoms with Crippen molar-refractivity contribution in [1.29, 1.82) is 0 Å². The standard InChI is InChI=1S/C13H13BrN2O4/c1-13(2)6-10(17)15(12(13)18)7-8-4-3-5-9(11(8)14)16(19)20/h3-5H,6-7H2,1-2H3. The maximum atomic E-state index is 12.1. The minimum atomic E-state index is -0.704. The maximum absolute atomic E-state index is 12.1. The Morgan fingerprint density at radius 2 is 2.05 bits per heavy atom. The highest BCUT2D eigenvalue weighted by atomic mass is 79.9. The van der Waals surface area contributed by atoms with Crippen LogP contribution in [0.2, 0.25) is 0 Å². The molecule has 0 radical (unpaired) electrons. The molecule has 1 saturated heterocycles. The summed E-state index contributed by atoms with van der Waals surface area (Å²) in [6.07, 6.45) is 0.165. The summed E-state index contributed by atoms with van der Waals surface area (Å²) in [4.78, 5) is 35.5. The first kappa shape index (κ1) is 14.6. The van der Waals surface area contributed by atoms with E-state index in [4.69, 9.17) is 0 Å². The summed E-state index contributed by atoms with van der Waals surface area (Å²) in [5, 5.41) is 10.9. The van der Waals surface area contributed by atoms with Gasteiger partial charge < -0.3 is 0 Å². The van der Waals surface area contributed by atoms with Gasteiger partial charge in [-0.15, -0.1) is 0 Å². The first-order valence-corrected chi connectivity index (χ1v) is 6.80. The third-order valence-electron chi connectivity index (χ3n) is 3.30. The zero-order valence-electron chi connectivity index (χ0n) is 11.1. The smallest absolute Gasteiger partial charge is 0.278 e. The van der Waals surface area contributed by atoms with Gasteiger partial charge in [0.2, 0.25) is 11.8 Å². The fourth-order valence-electron chi connectivity index (χ4n) is 2.19. The zero-order chi connectivity index (χ0) is 15.1. The Bertz CT molecular complexity index is 612. The first-order chi connectivity index (χ1) is 9.24. The Morgan fingerprint density at radius 1 is 1.40 bits per heavy atom. The molecule has 0 N–H and O–H groups in total. The van der Waals surface area contributed by atoms with E-state index in [0.717, 1.165) is 4.90 Å². The van der Waals surface area contributed by atoms with Crippen LogP contribution in [0.1, 0.15) is 25.8 Å². The van der Waals surface area contributed by atoms with Crippen LogP contribution in [0.15, 0.2) is 22.7 Å². The second-order valence-corrected chi connectivity index (χ2v) is 6.15. The van der Waals surface area contributed by atoms with Gasteiger partial charge in [0.15, 0.2) is 0 Å². The lowest BCUT2D eigenvalue weighted by atomic mass is 9.92. The molecule has 0 aliphatic carbocycles. The van der Waals surface area contributed by atoms with Crippen molar-refractivity contribution in [3.63, 3.8) is 0 Å². The second-order valence-electron chi connectivity index (χ2n) is 5.35. The minimum absolute atomic E-state index is 0.0450. The molecule has 1 aliphatic rings. The number of likely N-dealkylation sites (tertiary alicyclic amines) is 1. The molecule has 2 rings (SSSR count). The van der Waals surface area contributed by atoms with E-state index < -0.39 is 10.3 Å². The molecule has 1 heterocycles. The second kappa shape index (κ2) is 4.97. The quantitative estimate of drug-likeness (QED) is 0.481. The normalized spacial score (nSPS) is 17.6. The van der Waals surface area contributed by atoms with Crippen LogP contribution in [-0.4, -0.2) is 21.6 Å². The summed E-state index contributed by atoms with van der Waals surface area (Å²) in [6.45, 7) is 3.48. The number of carbonyl (C=O) groups is 2. The number of nitro groups is 1. The topological polar surface area (TPSA) is 80.5 Å². The van der Waals surface area contributed by atoms with Crippen LogP contribution in [0.4, 0.5) is 5.69 Å². The van der Waals surface area contributed by atoms with E-state index >= 15 is 0 Å². The summed E-state index contributed by atoms with van der Waals surface area (Å²) >= 11 is 3.17. The minimum Gasteiger partial charge on any atom is -0.278 e. The van der Waals surface area contributed by atoms with Crippen LogP contribution in [0, 0.1) is 15.5 Å². The summed E-state index contributed by atoms with van der Waals surface area (Å²) in [7, 11) is 0. The predicted octanol–water partition coefficient (Wildman–Crippen LogP) is 2.64. The molecule has 1 aromatic carbocycles. The number of halogens is 1. The zero-order valence-corrected chi connectivity index (χ0v) is 12.6. The van der Waals surface area contributed by atoms with Crippen molar-refractivity contribution in [2.24, 2.45) is 5.41 Å². The fraction of sp³-hybridized carbons (Fsp3) is 0.385. The predicted molar refractivity (Wildman–Crippen MR) is 74.8 cm³/mol. The molecular formula is C13H13BrN2O4. The largest absolute Gasteiger partial charge is 0.283 e. The lowest BCUT2D eigenvalue weighted by Crippen LogP contribution is -2.32. The van der Waals surface area contributed by atoms with Crippen LogP contribution in [0.3, 0.4) is 0 Å². The number of amides is 2. The average Bonchev–Trinajstić information content (AvgIpc) is 2.53. The number of benzene rings is 1. The SMILES string of the molecule is CC1(C)CC(=O)N(Cc2cccc([N+](=O)[O-])c2Br)C1=O. The van der Waals surface area contributed by atoms with Crippen LogP contribution in [0.25, 0.3) is 0 Å². The number of nitrogens with zero attached hydrogens (tertiary/aromatic N) is 2. The molecular weight excluding hydrogens is 328 g/mol. The summed E-state index contributed by atoms with van der Waals surface area (Å²) in [6, 6.07) is 4.56. The van der Waals surface area contributed by atoms with Crippen molar-refractivity contribution < 1.29 is 14.5 Å². The third kappa shape index (κ3) is 2.45. The van der Waals surface area contributed by atoms with Crippen LogP contribution >= 0.6 is 15.9 Å². The van der Waals surface area contributed by atoms with Crippen LogP contribution in [0.5, 0.6) is 0 Å². The van der Waals surface area contributed by atoms with Crippen molar-refractivity contribution in [3.05, 3.63) is 38.3 Å². The summed E-state index contributed by atoms with van der Waals surface area (Å²) in [5.41, 5.74) is -0.246. The van der Waals surface area contributed by atoms with Gasteiger partial charge in [0.25, 0.3) is 5.69 Å². The Hall–Kier alpha value is -1.76. The monoisotopic (exact) mass is 340 g/mol. The lowest BCUT2D eigenvalue weighted by molar-refractivity contribution is -0.385. The summed E-state index contributed by atoms with van der Waals surface area (Å²) < 4.78 is 0.301. The fourth-order valence-corrected chi connectivity index (χ4v) is 2.72. The van der Waals surface area contributed by atoms with Crippen LogP contribution in [-0.2, 0) is 16.1 Å². The molecule has 0 saturated carbocycles. The molecule has 6 nitrogen and oxygen atoms in total. The molecule has 20 heavy (non-hydrogen) atoms. The molecule has 0 atom stereocenters. The molecule has 7 heteroatoms. The Balaban J connectivity index is 2.32. The molecule has 2 amide bonds. The molecule has 0 unspecified atom stereocenters. The van der Waals surface area contributed by atoms with Gasteiger partial charge >= 0.3 is 0 Å². The van der Waals surface area contributed by atoms with Gasteiger partial charge in [0.1, 0.15) is 4.47 Å². The molecule has 1 aliphatic heterocycles. The van der Waals surface area contributed by atoms with Gasteiger partial charge in [0, 0.05) is 12.5 Å². The number of rotatable bonds is 3. The number of hydrogen-bond donors (Lipinski definition) is 0. The van der Waals surface area contributed by atoms with E-state index in [1.54, 1.807) is 19.9 Å². The number of carbonyl (C=O) groups excluding carboxylic acids is 2. The lowest BCUT2D eigenvalue weighted by Gasteiger charge is -2.18. The van der Waals surface area contributed by atoms with Gasteiger partial charge in [-0.25, -0.2) is 0 Å². The highest BCUT2D eigenvalue weighted by molar-refractivity contribution is 9.10. The third-order valence-corrected chi connectivity index (χ3v) is 4.22. The van der Waals surface area contributed by atoms with Crippen molar-refractivity contribution in [2.45, 2.75) is 26.8 Å². The number of hydrogen-bond acceptors (Lipinski definition) is 4. The maximum Gasteiger partial charge on any atom is 0.283 e. The van der Waals surface area contributed by atoms with E-state index in [-0.39, 0.29) is 30.5 Å². The van der Waals surface area contributed by atoms with E-state index in [1.807, 2.05) is 0 Å². The van der Waals surface area contributed by atoms with E-state index in [0.29, 0.717) is 10.0 Å². The van der Waals surface area contributed by atoms with E-state index in [1.165, 1.54) is 12.1 Å². The Kier molecular flexibility index (Phi) is 3.64. The van der Waals surface area contributed by atoms with Gasteiger partial charge in [-0.1, -0.05) is 26.0 Å². The Labute approximate surface area is 124 Å². The molecule has 106 valence electrons. The van der Waals surface area contributed by atoms with Crippen molar-refractivity contribution in [3.8, 4) is 0 Å². The molecule has 0 spiro atoms. The van der Waals surface area contributed by atoms with Gasteiger partial charge in [0.05, 0.1) is 16.9 Å². The van der Waals surface area contributed by atoms with Gasteiger partial charge in [-0.3, -0.25) is 24.6 Å².